The fourth-order valence-electron chi connectivity index (χ4n) is 5.23. The molecule has 3 aromatic rings. The van der Waals surface area contributed by atoms with Gasteiger partial charge in [0.05, 0.1) is 25.3 Å². The molecule has 0 radical (unpaired) electrons. The molecule has 0 amide bonds. The molecule has 0 bridgehead atoms. The predicted octanol–water partition coefficient (Wildman–Crippen LogP) is 5.12. The van der Waals surface area contributed by atoms with Crippen LogP contribution in [-0.2, 0) is 0 Å². The zero-order chi connectivity index (χ0) is 23.9. The van der Waals surface area contributed by atoms with Gasteiger partial charge in [-0.1, -0.05) is 48.6 Å². The first-order valence-electron chi connectivity index (χ1n) is 10.9. The Bertz CT molecular complexity index is 1370. The molecule has 1 saturated heterocycles. The normalized spacial score (nSPS) is 21.6. The van der Waals surface area contributed by atoms with Gasteiger partial charge < -0.3 is 9.64 Å². The fraction of sp³-hybridized carbons (Fsp3) is 0.179. The topological polar surface area (TPSA) is 77.1 Å². The summed E-state index contributed by atoms with van der Waals surface area (Å²) in [6.45, 7) is 0. The molecule has 34 heavy (non-hydrogen) atoms. The van der Waals surface area contributed by atoms with Crippen LogP contribution in [0.1, 0.15) is 27.4 Å². The van der Waals surface area contributed by atoms with Crippen molar-refractivity contribution in [3.8, 4) is 17.9 Å². The van der Waals surface area contributed by atoms with Crippen molar-refractivity contribution in [3.05, 3.63) is 101 Å². The number of Topliss-reactive ketones (excluding diaryl/α,β-unsaturated/α-hetero) is 1. The maximum atomic E-state index is 15.2. The minimum atomic E-state index is -1.68. The first kappa shape index (κ1) is 21.4. The SMILES string of the molecule is COc1ccc(C(=O)[C@@H]2[C@@H](c3ccccc3F)C(C#N)(C#N)[C@@H]3C=Cc4ccccc4N23)cc1. The van der Waals surface area contributed by atoms with Crippen LogP contribution in [0, 0.1) is 33.9 Å². The summed E-state index contributed by atoms with van der Waals surface area (Å²) in [5.41, 5.74) is 0.488. The van der Waals surface area contributed by atoms with E-state index in [0.29, 0.717) is 11.3 Å². The van der Waals surface area contributed by atoms with Crippen molar-refractivity contribution in [2.75, 3.05) is 12.0 Å². The number of hydrogen-bond acceptors (Lipinski definition) is 5. The van der Waals surface area contributed by atoms with Crippen LogP contribution in [0.25, 0.3) is 6.08 Å². The lowest BCUT2D eigenvalue weighted by atomic mass is 9.69. The number of carbonyl (C=O) groups excluding carboxylic acids is 1. The van der Waals surface area contributed by atoms with E-state index in [9.17, 15) is 15.3 Å². The second kappa shape index (κ2) is 8.17. The number of ketones is 1. The molecular weight excluding hydrogens is 429 g/mol. The Morgan fingerprint density at radius 1 is 1.00 bits per heavy atom. The van der Waals surface area contributed by atoms with Gasteiger partial charge in [-0.05, 0) is 47.5 Å². The van der Waals surface area contributed by atoms with Gasteiger partial charge >= 0.3 is 0 Å². The van der Waals surface area contributed by atoms with Crippen molar-refractivity contribution in [2.45, 2.75) is 18.0 Å². The highest BCUT2D eigenvalue weighted by Crippen LogP contribution is 2.55. The van der Waals surface area contributed by atoms with Crippen molar-refractivity contribution >= 4 is 17.5 Å². The third-order valence-electron chi connectivity index (χ3n) is 6.80. The average molecular weight is 449 g/mol. The van der Waals surface area contributed by atoms with Crippen LogP contribution in [0.15, 0.2) is 78.9 Å². The molecule has 0 spiro atoms. The third-order valence-corrected chi connectivity index (χ3v) is 6.80. The molecule has 5 nitrogen and oxygen atoms in total. The molecule has 0 aromatic heterocycles. The van der Waals surface area contributed by atoms with Gasteiger partial charge in [-0.15, -0.1) is 0 Å². The number of carbonyl (C=O) groups is 1. The summed E-state index contributed by atoms with van der Waals surface area (Å²) in [5, 5.41) is 20.8. The molecular formula is C28H20FN3O2. The van der Waals surface area contributed by atoms with Crippen molar-refractivity contribution in [1.29, 1.82) is 10.5 Å². The lowest BCUT2D eigenvalue weighted by molar-refractivity contribution is 0.0950. The Kier molecular flexibility index (Phi) is 5.15. The summed E-state index contributed by atoms with van der Waals surface area (Å²) in [4.78, 5) is 15.9. The largest absolute Gasteiger partial charge is 0.497 e. The maximum Gasteiger partial charge on any atom is 0.185 e. The van der Waals surface area contributed by atoms with Crippen LogP contribution in [-0.4, -0.2) is 25.0 Å². The summed E-state index contributed by atoms with van der Waals surface area (Å²) >= 11 is 0. The predicted molar refractivity (Wildman–Crippen MR) is 126 cm³/mol. The van der Waals surface area contributed by atoms with E-state index in [1.165, 1.54) is 13.2 Å². The number of methoxy groups -OCH3 is 1. The number of anilines is 1. The van der Waals surface area contributed by atoms with E-state index in [0.717, 1.165) is 11.3 Å². The molecule has 3 aromatic carbocycles. The summed E-state index contributed by atoms with van der Waals surface area (Å²) < 4.78 is 20.4. The number of halogens is 1. The molecule has 2 aliphatic heterocycles. The van der Waals surface area contributed by atoms with E-state index in [-0.39, 0.29) is 11.3 Å². The van der Waals surface area contributed by atoms with Gasteiger partial charge in [0, 0.05) is 17.2 Å². The van der Waals surface area contributed by atoms with E-state index in [1.54, 1.807) is 48.5 Å². The molecule has 0 N–H and O–H groups in total. The van der Waals surface area contributed by atoms with E-state index < -0.39 is 29.2 Å². The summed E-state index contributed by atoms with van der Waals surface area (Å²) in [5.74, 6) is -1.26. The minimum absolute atomic E-state index is 0.178. The number of fused-ring (bicyclic) bond motifs is 3. The van der Waals surface area contributed by atoms with Gasteiger partial charge in [0.15, 0.2) is 11.2 Å². The number of hydrogen-bond donors (Lipinski definition) is 0. The van der Waals surface area contributed by atoms with E-state index in [2.05, 4.69) is 12.1 Å². The van der Waals surface area contributed by atoms with Gasteiger partial charge in [-0.2, -0.15) is 10.5 Å². The van der Waals surface area contributed by atoms with Crippen LogP contribution in [0.4, 0.5) is 10.1 Å². The van der Waals surface area contributed by atoms with Gasteiger partial charge in [0.2, 0.25) is 0 Å². The Labute approximate surface area is 196 Å². The second-order valence-electron chi connectivity index (χ2n) is 8.40. The van der Waals surface area contributed by atoms with Crippen LogP contribution in [0.2, 0.25) is 0 Å². The van der Waals surface area contributed by atoms with Crippen LogP contribution < -0.4 is 9.64 Å². The van der Waals surface area contributed by atoms with Crippen LogP contribution in [0.3, 0.4) is 0 Å². The zero-order valence-electron chi connectivity index (χ0n) is 18.4. The number of nitriles is 2. The lowest BCUT2D eigenvalue weighted by Crippen LogP contribution is -2.44. The smallest absolute Gasteiger partial charge is 0.185 e. The van der Waals surface area contributed by atoms with Gasteiger partial charge in [-0.3, -0.25) is 4.79 Å². The van der Waals surface area contributed by atoms with Crippen molar-refractivity contribution in [1.82, 2.24) is 0 Å². The van der Waals surface area contributed by atoms with Crippen molar-refractivity contribution in [3.63, 3.8) is 0 Å². The fourth-order valence-corrected chi connectivity index (χ4v) is 5.23. The number of benzene rings is 3. The lowest BCUT2D eigenvalue weighted by Gasteiger charge is -2.35. The Hall–Kier alpha value is -4.42. The highest BCUT2D eigenvalue weighted by molar-refractivity contribution is 6.04. The molecule has 0 unspecified atom stereocenters. The Balaban J connectivity index is 1.78. The van der Waals surface area contributed by atoms with Gasteiger partial charge in [0.1, 0.15) is 17.6 Å². The number of nitrogens with zero attached hydrogens (tertiary/aromatic N) is 3. The van der Waals surface area contributed by atoms with Crippen molar-refractivity contribution in [2.24, 2.45) is 5.41 Å². The monoisotopic (exact) mass is 449 g/mol. The maximum absolute atomic E-state index is 15.2. The standard InChI is InChI=1S/C28H20FN3O2/c1-34-20-13-10-19(11-14-20)27(33)26-25(21-7-3-4-8-22(21)29)28(16-30,17-31)24-15-12-18-6-2-5-9-23(18)32(24)26/h2-15,24-26H,1H3/t24-,25+,26-/m0/s1. The summed E-state index contributed by atoms with van der Waals surface area (Å²) in [6, 6.07) is 22.9. The molecule has 3 atom stereocenters. The highest BCUT2D eigenvalue weighted by atomic mass is 19.1. The third kappa shape index (κ3) is 3.00. The second-order valence-corrected chi connectivity index (χ2v) is 8.40. The van der Waals surface area contributed by atoms with Crippen LogP contribution >= 0.6 is 0 Å². The molecule has 2 heterocycles. The minimum Gasteiger partial charge on any atom is -0.497 e. The Morgan fingerprint density at radius 2 is 1.68 bits per heavy atom. The first-order chi connectivity index (χ1) is 16.6. The molecule has 2 aliphatic rings. The van der Waals surface area contributed by atoms with Gasteiger partial charge in [-0.25, -0.2) is 4.39 Å². The van der Waals surface area contributed by atoms with Crippen molar-refractivity contribution < 1.29 is 13.9 Å². The zero-order valence-corrected chi connectivity index (χ0v) is 18.4. The molecule has 166 valence electrons. The number of para-hydroxylation sites is 1. The van der Waals surface area contributed by atoms with E-state index in [4.69, 9.17) is 4.74 Å². The molecule has 5 rings (SSSR count). The Morgan fingerprint density at radius 3 is 2.35 bits per heavy atom. The number of rotatable bonds is 4. The molecule has 1 fully saturated rings. The first-order valence-corrected chi connectivity index (χ1v) is 10.9. The van der Waals surface area contributed by atoms with Gasteiger partial charge in [0.25, 0.3) is 0 Å². The highest BCUT2D eigenvalue weighted by Gasteiger charge is 2.63. The average Bonchev–Trinajstić information content (AvgIpc) is 3.19. The van der Waals surface area contributed by atoms with E-state index in [1.807, 2.05) is 35.2 Å². The molecule has 0 saturated carbocycles. The van der Waals surface area contributed by atoms with Crippen LogP contribution in [0.5, 0.6) is 5.75 Å². The number of ether oxygens (including phenoxy) is 1. The quantitative estimate of drug-likeness (QED) is 0.517. The van der Waals surface area contributed by atoms with E-state index >= 15 is 4.39 Å². The summed E-state index contributed by atoms with van der Waals surface area (Å²) in [7, 11) is 1.54. The summed E-state index contributed by atoms with van der Waals surface area (Å²) in [6.07, 6.45) is 3.64. The molecule has 0 aliphatic carbocycles. The molecule has 6 heteroatoms.